The molecule has 0 atom stereocenters. The number of ether oxygens (including phenoxy) is 3. The predicted molar refractivity (Wildman–Crippen MR) is 125 cm³/mol. The molecule has 8 nitrogen and oxygen atoms in total. The van der Waals surface area contributed by atoms with Gasteiger partial charge < -0.3 is 22.8 Å². The number of fused-ring (bicyclic) bond motifs is 1. The summed E-state index contributed by atoms with van der Waals surface area (Å²) in [5.74, 6) is 0.454. The van der Waals surface area contributed by atoms with E-state index in [0.717, 1.165) is 5.56 Å². The number of furan rings is 1. The summed E-state index contributed by atoms with van der Waals surface area (Å²) in [6, 6.07) is 15.8. The lowest BCUT2D eigenvalue weighted by Gasteiger charge is -2.12. The zero-order valence-corrected chi connectivity index (χ0v) is 19.8. The molecule has 1 aromatic heterocycles. The molecule has 0 saturated carbocycles. The molecule has 0 aliphatic heterocycles. The van der Waals surface area contributed by atoms with Gasteiger partial charge in [-0.05, 0) is 43.3 Å². The molecule has 0 saturated heterocycles. The molecule has 0 bridgehead atoms. The van der Waals surface area contributed by atoms with E-state index in [-0.39, 0.29) is 27.7 Å². The number of aryl methyl sites for hydroxylation is 1. The number of esters is 1. The van der Waals surface area contributed by atoms with Gasteiger partial charge >= 0.3 is 16.1 Å². The van der Waals surface area contributed by atoms with Gasteiger partial charge in [0, 0.05) is 17.5 Å². The van der Waals surface area contributed by atoms with Crippen LogP contribution in [0.1, 0.15) is 15.9 Å². The summed E-state index contributed by atoms with van der Waals surface area (Å²) in [7, 11) is 0.167. The molecule has 176 valence electrons. The van der Waals surface area contributed by atoms with Gasteiger partial charge in [0.15, 0.2) is 5.76 Å². The molecule has 0 aliphatic rings. The van der Waals surface area contributed by atoms with Crippen molar-refractivity contribution in [3.63, 3.8) is 0 Å². The van der Waals surface area contributed by atoms with E-state index in [1.54, 1.807) is 36.4 Å². The Hall–Kier alpha value is -3.98. The lowest BCUT2D eigenvalue weighted by atomic mass is 10.0. The Morgan fingerprint density at radius 1 is 0.853 bits per heavy atom. The van der Waals surface area contributed by atoms with Crippen molar-refractivity contribution in [3.05, 3.63) is 71.8 Å². The Kier molecular flexibility index (Phi) is 6.21. The Labute approximate surface area is 196 Å². The first-order valence-electron chi connectivity index (χ1n) is 10.2. The molecule has 1 heterocycles. The summed E-state index contributed by atoms with van der Waals surface area (Å²) < 4.78 is 52.3. The van der Waals surface area contributed by atoms with E-state index < -0.39 is 16.1 Å². The second kappa shape index (κ2) is 9.11. The van der Waals surface area contributed by atoms with Crippen LogP contribution < -0.4 is 13.7 Å². The number of hydrogen-bond acceptors (Lipinski definition) is 8. The third-order valence-corrected chi connectivity index (χ3v) is 6.48. The molecule has 4 aromatic rings. The first-order chi connectivity index (χ1) is 16.3. The monoisotopic (exact) mass is 482 g/mol. The fraction of sp³-hybridized carbons (Fsp3) is 0.160. The molecule has 4 rings (SSSR count). The van der Waals surface area contributed by atoms with Crippen molar-refractivity contribution in [2.24, 2.45) is 0 Å². The van der Waals surface area contributed by atoms with Crippen LogP contribution in [-0.4, -0.2) is 35.7 Å². The lowest BCUT2D eigenvalue weighted by Crippen LogP contribution is -2.10. The highest BCUT2D eigenvalue weighted by Crippen LogP contribution is 2.41. The minimum atomic E-state index is -4.05. The molecular formula is C25H22O8S. The van der Waals surface area contributed by atoms with E-state index in [1.165, 1.54) is 45.6 Å². The van der Waals surface area contributed by atoms with E-state index in [1.807, 2.05) is 6.92 Å². The van der Waals surface area contributed by atoms with Crippen LogP contribution in [0.25, 0.3) is 22.3 Å². The number of hydrogen-bond donors (Lipinski definition) is 0. The topological polar surface area (TPSA) is 101 Å². The van der Waals surface area contributed by atoms with E-state index >= 15 is 0 Å². The van der Waals surface area contributed by atoms with Crippen molar-refractivity contribution >= 4 is 27.1 Å². The summed E-state index contributed by atoms with van der Waals surface area (Å²) >= 11 is 0. The van der Waals surface area contributed by atoms with Crippen LogP contribution >= 0.6 is 0 Å². The molecule has 34 heavy (non-hydrogen) atoms. The van der Waals surface area contributed by atoms with Crippen LogP contribution in [0, 0.1) is 6.92 Å². The minimum absolute atomic E-state index is 0.0281. The predicted octanol–water partition coefficient (Wildman–Crippen LogP) is 4.98. The third-order valence-electron chi connectivity index (χ3n) is 5.22. The largest absolute Gasteiger partial charge is 0.497 e. The summed E-state index contributed by atoms with van der Waals surface area (Å²) in [6.45, 7) is 1.86. The molecule has 0 N–H and O–H groups in total. The second-order valence-electron chi connectivity index (χ2n) is 7.37. The van der Waals surface area contributed by atoms with E-state index in [9.17, 15) is 13.2 Å². The molecule has 3 aromatic carbocycles. The fourth-order valence-electron chi connectivity index (χ4n) is 3.49. The molecule has 0 amide bonds. The van der Waals surface area contributed by atoms with Crippen LogP contribution in [0.3, 0.4) is 0 Å². The average Bonchev–Trinajstić information content (AvgIpc) is 3.21. The Morgan fingerprint density at radius 3 is 2.21 bits per heavy atom. The SMILES string of the molecule is COC(=O)c1c(-c2ccc(OS(=O)(=O)c3ccc(C)cc3)cc2OC)oc2cc(OC)ccc12. The highest BCUT2D eigenvalue weighted by molar-refractivity contribution is 7.87. The van der Waals surface area contributed by atoms with Gasteiger partial charge in [-0.25, -0.2) is 4.79 Å². The maximum Gasteiger partial charge on any atom is 0.342 e. The minimum Gasteiger partial charge on any atom is -0.497 e. The van der Waals surface area contributed by atoms with Crippen LogP contribution in [-0.2, 0) is 14.9 Å². The molecule has 0 unspecified atom stereocenters. The zero-order chi connectivity index (χ0) is 24.5. The number of carbonyl (C=O) groups is 1. The molecule has 0 radical (unpaired) electrons. The number of rotatable bonds is 7. The number of methoxy groups -OCH3 is 3. The van der Waals surface area contributed by atoms with Crippen molar-refractivity contribution in [3.8, 4) is 28.6 Å². The molecular weight excluding hydrogens is 460 g/mol. The summed E-state index contributed by atoms with van der Waals surface area (Å²) in [5.41, 5.74) is 1.96. The molecule has 0 fully saturated rings. The maximum absolute atomic E-state index is 12.7. The van der Waals surface area contributed by atoms with Gasteiger partial charge in [-0.1, -0.05) is 17.7 Å². The van der Waals surface area contributed by atoms with Crippen molar-refractivity contribution in [2.75, 3.05) is 21.3 Å². The molecule has 9 heteroatoms. The van der Waals surface area contributed by atoms with Crippen LogP contribution in [0.2, 0.25) is 0 Å². The first kappa shape index (κ1) is 23.2. The first-order valence-corrected chi connectivity index (χ1v) is 11.6. The molecule has 0 aliphatic carbocycles. The molecule has 0 spiro atoms. The third kappa shape index (κ3) is 4.29. The summed E-state index contributed by atoms with van der Waals surface area (Å²) in [6.07, 6.45) is 0. The van der Waals surface area contributed by atoms with Gasteiger partial charge in [0.25, 0.3) is 0 Å². The fourth-order valence-corrected chi connectivity index (χ4v) is 4.41. The normalized spacial score (nSPS) is 11.3. The van der Waals surface area contributed by atoms with Crippen molar-refractivity contribution in [1.82, 2.24) is 0 Å². The van der Waals surface area contributed by atoms with Crippen molar-refractivity contribution in [1.29, 1.82) is 0 Å². The lowest BCUT2D eigenvalue weighted by molar-refractivity contribution is 0.0603. The van der Waals surface area contributed by atoms with E-state index in [4.69, 9.17) is 22.8 Å². The highest BCUT2D eigenvalue weighted by atomic mass is 32.2. The second-order valence-corrected chi connectivity index (χ2v) is 8.92. The van der Waals surface area contributed by atoms with Crippen LogP contribution in [0.4, 0.5) is 0 Å². The van der Waals surface area contributed by atoms with Gasteiger partial charge in [0.2, 0.25) is 0 Å². The quantitative estimate of drug-likeness (QED) is 0.269. The van der Waals surface area contributed by atoms with Gasteiger partial charge in [0.05, 0.1) is 26.9 Å². The van der Waals surface area contributed by atoms with E-state index in [2.05, 4.69) is 0 Å². The maximum atomic E-state index is 12.7. The number of benzene rings is 3. The summed E-state index contributed by atoms with van der Waals surface area (Å²) in [5, 5.41) is 0.534. The standard InChI is InChI=1S/C25H22O8S/c1-15-5-9-18(10-6-15)34(27,28)33-17-8-12-20(21(14-17)30-3)24-23(25(26)31-4)19-11-7-16(29-2)13-22(19)32-24/h5-14H,1-4H3. The van der Waals surface area contributed by atoms with Crippen molar-refractivity contribution in [2.45, 2.75) is 11.8 Å². The highest BCUT2D eigenvalue weighted by Gasteiger charge is 2.26. The van der Waals surface area contributed by atoms with Gasteiger partial charge in [-0.15, -0.1) is 0 Å². The average molecular weight is 483 g/mol. The zero-order valence-electron chi connectivity index (χ0n) is 18.9. The Balaban J connectivity index is 1.79. The van der Waals surface area contributed by atoms with Gasteiger partial charge in [0.1, 0.15) is 33.3 Å². The van der Waals surface area contributed by atoms with Crippen LogP contribution in [0.15, 0.2) is 70.0 Å². The van der Waals surface area contributed by atoms with Crippen LogP contribution in [0.5, 0.6) is 17.2 Å². The Morgan fingerprint density at radius 2 is 1.56 bits per heavy atom. The van der Waals surface area contributed by atoms with Gasteiger partial charge in [-0.2, -0.15) is 8.42 Å². The number of carbonyl (C=O) groups excluding carboxylic acids is 1. The van der Waals surface area contributed by atoms with Crippen molar-refractivity contribution < 1.29 is 36.0 Å². The van der Waals surface area contributed by atoms with Gasteiger partial charge in [-0.3, -0.25) is 0 Å². The van der Waals surface area contributed by atoms with E-state index in [0.29, 0.717) is 22.3 Å². The Bertz CT molecular complexity index is 1470. The smallest absolute Gasteiger partial charge is 0.342 e. The summed E-state index contributed by atoms with van der Waals surface area (Å²) in [4.78, 5) is 12.6.